The lowest BCUT2D eigenvalue weighted by Crippen LogP contribution is -2.39. The maximum atomic E-state index is 12.8. The summed E-state index contributed by atoms with van der Waals surface area (Å²) in [7, 11) is 0. The summed E-state index contributed by atoms with van der Waals surface area (Å²) in [4.78, 5) is 19.6. The van der Waals surface area contributed by atoms with Gasteiger partial charge in [-0.05, 0) is 26.2 Å². The Hall–Kier alpha value is -1.69. The molecule has 1 aliphatic heterocycles. The minimum atomic E-state index is 0.0382. The van der Waals surface area contributed by atoms with Crippen molar-refractivity contribution in [1.82, 2.24) is 15.0 Å². The number of carbonyl (C=O) groups is 1. The molecule has 0 N–H and O–H groups in total. The zero-order chi connectivity index (χ0) is 17.3. The number of thiazole rings is 1. The molecule has 0 aliphatic carbocycles. The van der Waals surface area contributed by atoms with E-state index in [1.165, 1.54) is 0 Å². The molecule has 0 saturated carbocycles. The Kier molecular flexibility index (Phi) is 4.76. The largest absolute Gasteiger partial charge is 0.361 e. The van der Waals surface area contributed by atoms with E-state index in [1.54, 1.807) is 11.3 Å². The van der Waals surface area contributed by atoms with Crippen molar-refractivity contribution >= 4 is 17.2 Å². The van der Waals surface area contributed by atoms with E-state index >= 15 is 0 Å². The summed E-state index contributed by atoms with van der Waals surface area (Å²) in [6.45, 7) is 9.15. The van der Waals surface area contributed by atoms with Crippen LogP contribution in [-0.2, 0) is 16.6 Å². The third-order valence-electron chi connectivity index (χ3n) is 4.41. The second-order valence-corrected chi connectivity index (χ2v) is 8.42. The number of carbonyl (C=O) groups excluding carboxylic acids is 1. The summed E-state index contributed by atoms with van der Waals surface area (Å²) in [5.74, 6) is 0.850. The molecule has 0 unspecified atom stereocenters. The van der Waals surface area contributed by atoms with Gasteiger partial charge in [0.25, 0.3) is 0 Å². The van der Waals surface area contributed by atoms with Crippen molar-refractivity contribution in [3.8, 4) is 0 Å². The molecule has 1 fully saturated rings. The fourth-order valence-electron chi connectivity index (χ4n) is 3.03. The number of piperidine rings is 1. The average molecular weight is 347 g/mol. The number of aryl methyl sites for hydroxylation is 1. The number of rotatable bonds is 3. The number of hydrogen-bond donors (Lipinski definition) is 0. The molecule has 130 valence electrons. The van der Waals surface area contributed by atoms with Gasteiger partial charge >= 0.3 is 0 Å². The fourth-order valence-corrected chi connectivity index (χ4v) is 4.22. The zero-order valence-corrected chi connectivity index (χ0v) is 15.7. The van der Waals surface area contributed by atoms with Crippen molar-refractivity contribution in [3.05, 3.63) is 33.6 Å². The van der Waals surface area contributed by atoms with Gasteiger partial charge in [-0.15, -0.1) is 11.3 Å². The normalized spacial score (nSPS) is 18.8. The SMILES string of the molecule is Cc1cc(CC(=O)N2CCCC[C@@H]2c2nc(C(C)(C)C)cs2)no1. The van der Waals surface area contributed by atoms with E-state index in [0.717, 1.165) is 42.3 Å². The first-order chi connectivity index (χ1) is 11.3. The molecule has 5 nitrogen and oxygen atoms in total. The molecule has 0 bridgehead atoms. The van der Waals surface area contributed by atoms with Gasteiger partial charge in [0.05, 0.1) is 23.9 Å². The van der Waals surface area contributed by atoms with Crippen LogP contribution in [0.5, 0.6) is 0 Å². The maximum absolute atomic E-state index is 12.8. The molecule has 1 saturated heterocycles. The van der Waals surface area contributed by atoms with Crippen LogP contribution in [0.25, 0.3) is 0 Å². The van der Waals surface area contributed by atoms with E-state index in [-0.39, 0.29) is 17.4 Å². The number of hydrogen-bond acceptors (Lipinski definition) is 5. The smallest absolute Gasteiger partial charge is 0.229 e. The highest BCUT2D eigenvalue weighted by atomic mass is 32.1. The van der Waals surface area contributed by atoms with E-state index in [4.69, 9.17) is 9.51 Å². The Labute approximate surface area is 147 Å². The van der Waals surface area contributed by atoms with Gasteiger partial charge < -0.3 is 9.42 Å². The molecule has 1 aliphatic rings. The quantitative estimate of drug-likeness (QED) is 0.841. The topological polar surface area (TPSA) is 59.2 Å². The molecular weight excluding hydrogens is 322 g/mol. The predicted octanol–water partition coefficient (Wildman–Crippen LogP) is 4.03. The first-order valence-electron chi connectivity index (χ1n) is 8.52. The van der Waals surface area contributed by atoms with Crippen LogP contribution in [-0.4, -0.2) is 27.5 Å². The molecular formula is C18H25N3O2S. The predicted molar refractivity (Wildman–Crippen MR) is 94.1 cm³/mol. The minimum absolute atomic E-state index is 0.0382. The first-order valence-corrected chi connectivity index (χ1v) is 9.40. The summed E-state index contributed by atoms with van der Waals surface area (Å²) in [6, 6.07) is 1.93. The van der Waals surface area contributed by atoms with Crippen LogP contribution in [0.3, 0.4) is 0 Å². The van der Waals surface area contributed by atoms with Gasteiger partial charge in [-0.25, -0.2) is 4.98 Å². The van der Waals surface area contributed by atoms with Crippen molar-refractivity contribution in [2.24, 2.45) is 0 Å². The van der Waals surface area contributed by atoms with E-state index in [9.17, 15) is 4.79 Å². The Morgan fingerprint density at radius 3 is 2.83 bits per heavy atom. The molecule has 6 heteroatoms. The van der Waals surface area contributed by atoms with E-state index in [0.29, 0.717) is 12.1 Å². The summed E-state index contributed by atoms with van der Waals surface area (Å²) < 4.78 is 5.07. The van der Waals surface area contributed by atoms with Gasteiger partial charge in [-0.2, -0.15) is 0 Å². The first kappa shape index (κ1) is 17.1. The van der Waals surface area contributed by atoms with Gasteiger partial charge in [0.1, 0.15) is 10.8 Å². The van der Waals surface area contributed by atoms with Crippen molar-refractivity contribution in [2.45, 2.75) is 64.8 Å². The van der Waals surface area contributed by atoms with Crippen molar-refractivity contribution in [3.63, 3.8) is 0 Å². The van der Waals surface area contributed by atoms with Crippen LogP contribution in [0.1, 0.15) is 68.2 Å². The van der Waals surface area contributed by atoms with E-state index < -0.39 is 0 Å². The van der Waals surface area contributed by atoms with Crippen LogP contribution in [0.15, 0.2) is 16.0 Å². The Bertz CT molecular complexity index is 714. The van der Waals surface area contributed by atoms with E-state index in [2.05, 4.69) is 31.3 Å². The lowest BCUT2D eigenvalue weighted by Gasteiger charge is -2.34. The minimum Gasteiger partial charge on any atom is -0.361 e. The van der Waals surface area contributed by atoms with Crippen LogP contribution in [0.2, 0.25) is 0 Å². The lowest BCUT2D eigenvalue weighted by atomic mass is 9.93. The Morgan fingerprint density at radius 1 is 1.42 bits per heavy atom. The van der Waals surface area contributed by atoms with Crippen molar-refractivity contribution in [1.29, 1.82) is 0 Å². The summed E-state index contributed by atoms with van der Waals surface area (Å²) in [5, 5.41) is 7.14. The third-order valence-corrected chi connectivity index (χ3v) is 5.35. The van der Waals surface area contributed by atoms with Gasteiger partial charge in [-0.3, -0.25) is 4.79 Å². The van der Waals surface area contributed by atoms with Gasteiger partial charge in [0.2, 0.25) is 5.91 Å². The van der Waals surface area contributed by atoms with Crippen molar-refractivity contribution < 1.29 is 9.32 Å². The molecule has 0 radical (unpaired) electrons. The zero-order valence-electron chi connectivity index (χ0n) is 14.8. The maximum Gasteiger partial charge on any atom is 0.229 e. The number of likely N-dealkylation sites (tertiary alicyclic amines) is 1. The third kappa shape index (κ3) is 3.69. The highest BCUT2D eigenvalue weighted by molar-refractivity contribution is 7.09. The molecule has 1 amide bonds. The molecule has 24 heavy (non-hydrogen) atoms. The molecule has 3 rings (SSSR count). The van der Waals surface area contributed by atoms with Gasteiger partial charge in [0.15, 0.2) is 0 Å². The second kappa shape index (κ2) is 6.67. The number of nitrogens with zero attached hydrogens (tertiary/aromatic N) is 3. The molecule has 3 heterocycles. The summed E-state index contributed by atoms with van der Waals surface area (Å²) in [5.41, 5.74) is 1.85. The van der Waals surface area contributed by atoms with Crippen molar-refractivity contribution in [2.75, 3.05) is 6.54 Å². The molecule has 0 spiro atoms. The van der Waals surface area contributed by atoms with Crippen LogP contribution >= 0.6 is 11.3 Å². The van der Waals surface area contributed by atoms with E-state index in [1.807, 2.05) is 17.9 Å². The highest BCUT2D eigenvalue weighted by Gasteiger charge is 2.31. The van der Waals surface area contributed by atoms with Crippen LogP contribution in [0.4, 0.5) is 0 Å². The molecule has 2 aromatic heterocycles. The molecule has 1 atom stereocenters. The van der Waals surface area contributed by atoms with Gasteiger partial charge in [0, 0.05) is 23.4 Å². The number of amides is 1. The molecule has 2 aromatic rings. The average Bonchev–Trinajstić information content (AvgIpc) is 3.16. The van der Waals surface area contributed by atoms with Gasteiger partial charge in [-0.1, -0.05) is 25.9 Å². The van der Waals surface area contributed by atoms with Crippen LogP contribution < -0.4 is 0 Å². The fraction of sp³-hybridized carbons (Fsp3) is 0.611. The Morgan fingerprint density at radius 2 is 2.21 bits per heavy atom. The lowest BCUT2D eigenvalue weighted by molar-refractivity contribution is -0.134. The summed E-state index contributed by atoms with van der Waals surface area (Å²) in [6.07, 6.45) is 3.48. The number of aromatic nitrogens is 2. The standard InChI is InChI=1S/C18H25N3O2S/c1-12-9-13(20-23-12)10-16(22)21-8-6-5-7-14(21)17-19-15(11-24-17)18(2,3)4/h9,11,14H,5-8,10H2,1-4H3/t14-/m1/s1. The summed E-state index contributed by atoms with van der Waals surface area (Å²) >= 11 is 1.68. The highest BCUT2D eigenvalue weighted by Crippen LogP contribution is 2.35. The molecule has 0 aromatic carbocycles. The monoisotopic (exact) mass is 347 g/mol. The van der Waals surface area contributed by atoms with Crippen LogP contribution in [0, 0.1) is 6.92 Å². The second-order valence-electron chi connectivity index (χ2n) is 7.53. The Balaban J connectivity index is 1.78.